The zero-order chi connectivity index (χ0) is 7.28. The summed E-state index contributed by atoms with van der Waals surface area (Å²) in [5.41, 5.74) is 2.24. The smallest absolute Gasteiger partial charge is 0.108 e. The zero-order valence-corrected chi connectivity index (χ0v) is 6.44. The van der Waals surface area contributed by atoms with Crippen LogP contribution in [0.15, 0.2) is 23.2 Å². The van der Waals surface area contributed by atoms with E-state index >= 15 is 0 Å². The lowest BCUT2D eigenvalue weighted by Gasteiger charge is -1.88. The van der Waals surface area contributed by atoms with Crippen molar-refractivity contribution in [1.82, 2.24) is 0 Å². The number of allylic oxidation sites excluding steroid dienone is 4. The van der Waals surface area contributed by atoms with E-state index in [1.165, 1.54) is 5.57 Å². The fraction of sp³-hybridized carbons (Fsp3) is 0.500. The Morgan fingerprint density at radius 1 is 1.44 bits per heavy atom. The van der Waals surface area contributed by atoms with Crippen LogP contribution in [-0.2, 0) is 0 Å². The largest absolute Gasteiger partial charge is 0.111 e. The van der Waals surface area contributed by atoms with Crippen LogP contribution in [0.1, 0.15) is 27.2 Å². The molecule has 0 aromatic heterocycles. The molecule has 0 aromatic rings. The highest BCUT2D eigenvalue weighted by molar-refractivity contribution is 6.22. The summed E-state index contributed by atoms with van der Waals surface area (Å²) in [5, 5.41) is 0. The molecular weight excluding hydrogens is 107 g/mol. The number of hydrogen-bond acceptors (Lipinski definition) is 0. The lowest BCUT2D eigenvalue weighted by Crippen LogP contribution is -1.75. The summed E-state index contributed by atoms with van der Waals surface area (Å²) in [6.45, 7) is 6.03. The third-order valence-electron chi connectivity index (χ3n) is 1.21. The molecule has 0 saturated carbocycles. The molecule has 0 spiro atoms. The maximum atomic E-state index is 5.50. The summed E-state index contributed by atoms with van der Waals surface area (Å²) in [6, 6.07) is 0. The highest BCUT2D eigenvalue weighted by Gasteiger charge is 1.95. The number of hydrogen-bond donors (Lipinski definition) is 0. The van der Waals surface area contributed by atoms with E-state index in [0.717, 1.165) is 11.9 Å². The van der Waals surface area contributed by atoms with Crippen molar-refractivity contribution in [2.75, 3.05) is 0 Å². The van der Waals surface area contributed by atoms with Crippen molar-refractivity contribution in [2.24, 2.45) is 0 Å². The third kappa shape index (κ3) is 2.55. The quantitative estimate of drug-likeness (QED) is 0.430. The first-order chi connectivity index (χ1) is 4.30. The molecule has 0 aromatic carbocycles. The first kappa shape index (κ1) is 8.54. The molecule has 0 atom stereocenters. The van der Waals surface area contributed by atoms with Gasteiger partial charge in [0.2, 0.25) is 0 Å². The second-order valence-corrected chi connectivity index (χ2v) is 1.81. The Bertz CT molecular complexity index is 132. The molecule has 1 aliphatic carbocycles. The Kier molecular flexibility index (Phi) is 4.20. The lowest BCUT2D eigenvalue weighted by atomic mass is 9.92. The van der Waals surface area contributed by atoms with Gasteiger partial charge in [0, 0.05) is 0 Å². The molecule has 0 bridgehead atoms. The van der Waals surface area contributed by atoms with Gasteiger partial charge in [-0.15, -0.1) is 5.47 Å². The van der Waals surface area contributed by atoms with Crippen molar-refractivity contribution in [2.45, 2.75) is 27.2 Å². The Hall–Kier alpha value is -0.455. The van der Waals surface area contributed by atoms with Gasteiger partial charge in [0.25, 0.3) is 0 Å². The van der Waals surface area contributed by atoms with E-state index in [-0.39, 0.29) is 0 Å². The third-order valence-corrected chi connectivity index (χ3v) is 1.21. The van der Waals surface area contributed by atoms with E-state index in [1.807, 2.05) is 20.8 Å². The van der Waals surface area contributed by atoms with E-state index in [1.54, 1.807) is 0 Å². The molecule has 0 heterocycles. The van der Waals surface area contributed by atoms with Crippen molar-refractivity contribution in [3.05, 3.63) is 23.2 Å². The Morgan fingerprint density at radius 3 is 2.11 bits per heavy atom. The van der Waals surface area contributed by atoms with Crippen molar-refractivity contribution in [1.29, 1.82) is 0 Å². The van der Waals surface area contributed by atoms with Gasteiger partial charge in [0.05, 0.1) is 0 Å². The van der Waals surface area contributed by atoms with Crippen LogP contribution in [0.25, 0.3) is 0 Å². The summed E-state index contributed by atoms with van der Waals surface area (Å²) in [7, 11) is 5.50. The zero-order valence-electron chi connectivity index (χ0n) is 6.44. The van der Waals surface area contributed by atoms with Gasteiger partial charge < -0.3 is 0 Å². The van der Waals surface area contributed by atoms with Gasteiger partial charge in [0.1, 0.15) is 7.85 Å². The van der Waals surface area contributed by atoms with Gasteiger partial charge in [0.15, 0.2) is 0 Å². The molecule has 0 saturated heterocycles. The normalized spacial score (nSPS) is 15.4. The molecule has 9 heavy (non-hydrogen) atoms. The maximum absolute atomic E-state index is 5.50. The molecule has 0 amide bonds. The van der Waals surface area contributed by atoms with Crippen LogP contribution < -0.4 is 0 Å². The predicted molar refractivity (Wildman–Crippen MR) is 43.6 cm³/mol. The van der Waals surface area contributed by atoms with Gasteiger partial charge in [-0.25, -0.2) is 0 Å². The van der Waals surface area contributed by atoms with Crippen molar-refractivity contribution in [3.63, 3.8) is 0 Å². The predicted octanol–water partition coefficient (Wildman–Crippen LogP) is 2.42. The average Bonchev–Trinajstić information content (AvgIpc) is 2.23. The molecule has 0 N–H and O–H groups in total. The molecule has 0 aliphatic heterocycles. The van der Waals surface area contributed by atoms with E-state index < -0.39 is 0 Å². The summed E-state index contributed by atoms with van der Waals surface area (Å²) in [5.74, 6) is 0. The second kappa shape index (κ2) is 4.43. The van der Waals surface area contributed by atoms with Crippen molar-refractivity contribution in [3.8, 4) is 0 Å². The standard InChI is InChI=1S/C6H7B.C2H6/c1-5-3-2-4-6(5)7;1-2/h2-3H,4H2,1H3;1-2H3. The summed E-state index contributed by atoms with van der Waals surface area (Å²) < 4.78 is 0. The minimum atomic E-state index is 0.950. The fourth-order valence-electron chi connectivity index (χ4n) is 0.631. The van der Waals surface area contributed by atoms with Gasteiger partial charge in [-0.1, -0.05) is 31.6 Å². The minimum Gasteiger partial charge on any atom is -0.111 e. The highest BCUT2D eigenvalue weighted by atomic mass is 14.0. The van der Waals surface area contributed by atoms with Crippen LogP contribution in [0.4, 0.5) is 0 Å². The fourth-order valence-corrected chi connectivity index (χ4v) is 0.631. The van der Waals surface area contributed by atoms with Crippen LogP contribution in [0.2, 0.25) is 0 Å². The second-order valence-electron chi connectivity index (χ2n) is 1.81. The van der Waals surface area contributed by atoms with Crippen LogP contribution in [-0.4, -0.2) is 7.85 Å². The highest BCUT2D eigenvalue weighted by Crippen LogP contribution is 2.13. The topological polar surface area (TPSA) is 0 Å². The maximum Gasteiger partial charge on any atom is 0.108 e. The molecule has 1 aliphatic rings. The monoisotopic (exact) mass is 120 g/mol. The van der Waals surface area contributed by atoms with Crippen LogP contribution in [0.5, 0.6) is 0 Å². The van der Waals surface area contributed by atoms with Crippen LogP contribution >= 0.6 is 0 Å². The molecule has 0 unspecified atom stereocenters. The van der Waals surface area contributed by atoms with E-state index in [0.29, 0.717) is 0 Å². The SMILES string of the molecule is CC.[B]C1=C(C)C=CC1. The molecule has 2 radical (unpaired) electrons. The average molecular weight is 120 g/mol. The first-order valence-corrected chi connectivity index (χ1v) is 3.42. The van der Waals surface area contributed by atoms with Crippen LogP contribution in [0, 0.1) is 0 Å². The molecule has 0 nitrogen and oxygen atoms in total. The van der Waals surface area contributed by atoms with E-state index in [2.05, 4.69) is 12.2 Å². The van der Waals surface area contributed by atoms with Crippen molar-refractivity contribution < 1.29 is 0 Å². The molecular formula is C8H13B. The van der Waals surface area contributed by atoms with E-state index in [9.17, 15) is 0 Å². The first-order valence-electron chi connectivity index (χ1n) is 3.42. The van der Waals surface area contributed by atoms with Crippen LogP contribution in [0.3, 0.4) is 0 Å². The summed E-state index contributed by atoms with van der Waals surface area (Å²) in [4.78, 5) is 0. The summed E-state index contributed by atoms with van der Waals surface area (Å²) in [6.07, 6.45) is 5.08. The lowest BCUT2D eigenvalue weighted by molar-refractivity contribution is 1.37. The molecule has 48 valence electrons. The molecule has 1 heteroatoms. The van der Waals surface area contributed by atoms with Gasteiger partial charge in [-0.3, -0.25) is 0 Å². The number of rotatable bonds is 0. The minimum absolute atomic E-state index is 0.950. The molecule has 1 rings (SSSR count). The summed E-state index contributed by atoms with van der Waals surface area (Å²) >= 11 is 0. The van der Waals surface area contributed by atoms with Gasteiger partial charge in [-0.2, -0.15) is 0 Å². The van der Waals surface area contributed by atoms with Gasteiger partial charge in [-0.05, 0) is 13.3 Å². The Morgan fingerprint density at radius 2 is 2.00 bits per heavy atom. The van der Waals surface area contributed by atoms with Crippen molar-refractivity contribution >= 4 is 7.85 Å². The van der Waals surface area contributed by atoms with Gasteiger partial charge >= 0.3 is 0 Å². The van der Waals surface area contributed by atoms with E-state index in [4.69, 9.17) is 7.85 Å². The Labute approximate surface area is 59.1 Å². The Balaban J connectivity index is 0.000000291. The molecule has 0 fully saturated rings.